The topological polar surface area (TPSA) is 91.4 Å². The van der Waals surface area contributed by atoms with E-state index in [0.29, 0.717) is 25.7 Å². The fourth-order valence-corrected chi connectivity index (χ4v) is 3.52. The zero-order valence-electron chi connectivity index (χ0n) is 18.5. The number of nitrogens with zero attached hydrogens (tertiary/aromatic N) is 2. The Morgan fingerprint density at radius 1 is 1.03 bits per heavy atom. The van der Waals surface area contributed by atoms with Crippen LogP contribution in [0.5, 0.6) is 0 Å². The Kier molecular flexibility index (Phi) is 9.33. The molecule has 0 aliphatic heterocycles. The van der Waals surface area contributed by atoms with Crippen LogP contribution in [-0.2, 0) is 11.2 Å². The second kappa shape index (κ2) is 12.9. The second-order valence-corrected chi connectivity index (χ2v) is 7.34. The highest BCUT2D eigenvalue weighted by atomic mass is 16.5. The third kappa shape index (κ3) is 7.58. The van der Waals surface area contributed by atoms with E-state index < -0.39 is 6.09 Å². The number of H-pyrrole nitrogens is 1. The third-order valence-electron chi connectivity index (χ3n) is 5.06. The first-order chi connectivity index (χ1) is 15.8. The number of aromatic amines is 1. The molecule has 0 atom stereocenters. The van der Waals surface area contributed by atoms with Crippen molar-refractivity contribution in [1.29, 1.82) is 0 Å². The number of aliphatic imine (C=N–C) groups is 1. The summed E-state index contributed by atoms with van der Waals surface area (Å²) >= 11 is 0. The van der Waals surface area contributed by atoms with Crippen LogP contribution in [0.3, 0.4) is 0 Å². The Labute approximate surface area is 189 Å². The smallest absolute Gasteiger partial charge is 0.436 e. The molecule has 7 nitrogen and oxygen atoms in total. The van der Waals surface area contributed by atoms with Crippen molar-refractivity contribution in [3.63, 3.8) is 0 Å². The molecule has 0 bridgehead atoms. The fraction of sp³-hybridized carbons (Fsp3) is 0.320. The number of rotatable bonds is 10. The summed E-state index contributed by atoms with van der Waals surface area (Å²) in [5, 5.41) is 6.51. The van der Waals surface area contributed by atoms with Gasteiger partial charge in [-0.1, -0.05) is 60.7 Å². The van der Waals surface area contributed by atoms with E-state index in [1.165, 1.54) is 11.1 Å². The Hall–Kier alpha value is -3.61. The first-order valence-corrected chi connectivity index (χ1v) is 11.1. The Morgan fingerprint density at radius 2 is 1.69 bits per heavy atom. The van der Waals surface area contributed by atoms with Crippen LogP contribution >= 0.6 is 0 Å². The number of amides is 1. The second-order valence-electron chi connectivity index (χ2n) is 7.34. The molecule has 0 radical (unpaired) electrons. The van der Waals surface area contributed by atoms with Crippen molar-refractivity contribution in [2.45, 2.75) is 32.1 Å². The lowest BCUT2D eigenvalue weighted by molar-refractivity contribution is 0.163. The van der Waals surface area contributed by atoms with Gasteiger partial charge >= 0.3 is 6.09 Å². The molecule has 7 heteroatoms. The van der Waals surface area contributed by atoms with E-state index >= 15 is 0 Å². The zero-order chi connectivity index (χ0) is 22.4. The predicted molar refractivity (Wildman–Crippen MR) is 127 cm³/mol. The summed E-state index contributed by atoms with van der Waals surface area (Å²) in [5.74, 6) is 0.679. The van der Waals surface area contributed by atoms with E-state index in [1.54, 1.807) is 13.3 Å². The minimum Gasteiger partial charge on any atom is -0.448 e. The molecular formula is C25H31N5O2. The monoisotopic (exact) mass is 433 g/mol. The van der Waals surface area contributed by atoms with Gasteiger partial charge in [-0.05, 0) is 37.3 Å². The maximum Gasteiger partial charge on any atom is 0.436 e. The van der Waals surface area contributed by atoms with Crippen LogP contribution in [0.2, 0.25) is 0 Å². The van der Waals surface area contributed by atoms with Crippen LogP contribution in [-0.4, -0.2) is 41.7 Å². The third-order valence-corrected chi connectivity index (χ3v) is 5.06. The van der Waals surface area contributed by atoms with Gasteiger partial charge in [-0.3, -0.25) is 0 Å². The number of imidazole rings is 1. The number of carbonyl (C=O) groups excluding carboxylic acids is 1. The molecule has 1 amide bonds. The molecule has 0 fully saturated rings. The number of hydrogen-bond donors (Lipinski definition) is 3. The molecule has 0 saturated carbocycles. The Morgan fingerprint density at radius 3 is 2.28 bits per heavy atom. The van der Waals surface area contributed by atoms with Crippen molar-refractivity contribution in [3.8, 4) is 0 Å². The molecule has 1 heterocycles. The molecule has 0 spiro atoms. The van der Waals surface area contributed by atoms with Gasteiger partial charge in [-0.25, -0.2) is 9.78 Å². The lowest BCUT2D eigenvalue weighted by Crippen LogP contribution is -2.39. The van der Waals surface area contributed by atoms with Gasteiger partial charge in [0.25, 0.3) is 0 Å². The SMILES string of the molecule is CCOC(=O)N=C(NCCCc1c[nH]cn1)NCCC(c1ccccc1)c1ccccc1. The lowest BCUT2D eigenvalue weighted by Gasteiger charge is -2.19. The average Bonchev–Trinajstić information content (AvgIpc) is 3.34. The van der Waals surface area contributed by atoms with Crippen LogP contribution in [0, 0.1) is 0 Å². The van der Waals surface area contributed by atoms with Crippen molar-refractivity contribution in [1.82, 2.24) is 20.6 Å². The van der Waals surface area contributed by atoms with Gasteiger partial charge in [0.2, 0.25) is 5.96 Å². The van der Waals surface area contributed by atoms with Gasteiger partial charge < -0.3 is 20.4 Å². The molecule has 32 heavy (non-hydrogen) atoms. The van der Waals surface area contributed by atoms with Crippen LogP contribution in [0.15, 0.2) is 78.2 Å². The number of hydrogen-bond acceptors (Lipinski definition) is 3. The molecule has 3 aromatic rings. The largest absolute Gasteiger partial charge is 0.448 e. The summed E-state index contributed by atoms with van der Waals surface area (Å²) in [6.07, 6.45) is 5.52. The summed E-state index contributed by atoms with van der Waals surface area (Å²) in [6.45, 7) is 3.37. The molecule has 0 aliphatic rings. The highest BCUT2D eigenvalue weighted by molar-refractivity contribution is 5.90. The molecule has 1 aromatic heterocycles. The van der Waals surface area contributed by atoms with Crippen molar-refractivity contribution in [2.75, 3.05) is 19.7 Å². The minimum atomic E-state index is -0.600. The van der Waals surface area contributed by atoms with Gasteiger partial charge in [-0.15, -0.1) is 4.99 Å². The van der Waals surface area contributed by atoms with Crippen LogP contribution in [0.25, 0.3) is 0 Å². The van der Waals surface area contributed by atoms with Gasteiger partial charge in [0.05, 0.1) is 18.6 Å². The Balaban J connectivity index is 1.59. The molecular weight excluding hydrogens is 402 g/mol. The first kappa shape index (κ1) is 23.1. The Bertz CT molecular complexity index is 903. The summed E-state index contributed by atoms with van der Waals surface area (Å²) in [5.41, 5.74) is 3.53. The van der Waals surface area contributed by atoms with Crippen molar-refractivity contribution in [2.24, 2.45) is 4.99 Å². The number of carbonyl (C=O) groups is 1. The van der Waals surface area contributed by atoms with E-state index in [-0.39, 0.29) is 5.92 Å². The van der Waals surface area contributed by atoms with Gasteiger partial charge in [0.1, 0.15) is 0 Å². The van der Waals surface area contributed by atoms with E-state index in [9.17, 15) is 4.79 Å². The van der Waals surface area contributed by atoms with Crippen molar-refractivity contribution >= 4 is 12.1 Å². The van der Waals surface area contributed by atoms with Crippen molar-refractivity contribution in [3.05, 3.63) is 90.0 Å². The zero-order valence-corrected chi connectivity index (χ0v) is 18.5. The summed E-state index contributed by atoms with van der Waals surface area (Å²) in [7, 11) is 0. The molecule has 2 aromatic carbocycles. The molecule has 0 aliphatic carbocycles. The molecule has 3 N–H and O–H groups in total. The standard InChI is InChI=1S/C25H31N5O2/c1-2-32-25(31)30-24(27-16-9-14-22-18-26-19-29-22)28-17-15-23(20-10-5-3-6-11-20)21-12-7-4-8-13-21/h3-8,10-13,18-19,23H,2,9,14-17H2,1H3,(H,26,29)(H2,27,28,30,31). The normalized spacial score (nSPS) is 11.4. The summed E-state index contributed by atoms with van der Waals surface area (Å²) < 4.78 is 4.98. The maximum atomic E-state index is 11.9. The van der Waals surface area contributed by atoms with Crippen LogP contribution in [0.4, 0.5) is 4.79 Å². The van der Waals surface area contributed by atoms with E-state index in [1.807, 2.05) is 18.3 Å². The number of guanidine groups is 1. The highest BCUT2D eigenvalue weighted by Crippen LogP contribution is 2.27. The van der Waals surface area contributed by atoms with Gasteiger partial charge in [0.15, 0.2) is 0 Å². The maximum absolute atomic E-state index is 11.9. The molecule has 0 unspecified atom stereocenters. The molecule has 3 rings (SSSR count). The van der Waals surface area contributed by atoms with Gasteiger partial charge in [0, 0.05) is 25.2 Å². The number of aryl methyl sites for hydroxylation is 1. The number of ether oxygens (including phenoxy) is 1. The highest BCUT2D eigenvalue weighted by Gasteiger charge is 2.14. The van der Waals surface area contributed by atoms with E-state index in [0.717, 1.165) is 25.0 Å². The quantitative estimate of drug-likeness (QED) is 0.252. The van der Waals surface area contributed by atoms with Crippen LogP contribution < -0.4 is 10.6 Å². The lowest BCUT2D eigenvalue weighted by atomic mass is 9.88. The number of nitrogens with one attached hydrogen (secondary N) is 3. The van der Waals surface area contributed by atoms with E-state index in [2.05, 4.69) is 74.1 Å². The minimum absolute atomic E-state index is 0.244. The average molecular weight is 434 g/mol. The number of aromatic nitrogens is 2. The molecule has 0 saturated heterocycles. The summed E-state index contributed by atoms with van der Waals surface area (Å²) in [4.78, 5) is 23.1. The van der Waals surface area contributed by atoms with Crippen LogP contribution in [0.1, 0.15) is 42.5 Å². The van der Waals surface area contributed by atoms with Crippen molar-refractivity contribution < 1.29 is 9.53 Å². The summed E-state index contributed by atoms with van der Waals surface area (Å²) in [6, 6.07) is 20.9. The van der Waals surface area contributed by atoms with E-state index in [4.69, 9.17) is 4.74 Å². The molecule has 168 valence electrons. The van der Waals surface area contributed by atoms with Gasteiger partial charge in [-0.2, -0.15) is 0 Å². The first-order valence-electron chi connectivity index (χ1n) is 11.1. The number of benzene rings is 2. The predicted octanol–water partition coefficient (Wildman–Crippen LogP) is 4.26. The fourth-order valence-electron chi connectivity index (χ4n) is 3.52.